The maximum atomic E-state index is 12.5. The topological polar surface area (TPSA) is 120 Å². The van der Waals surface area contributed by atoms with Crippen LogP contribution in [0.15, 0.2) is 29.5 Å². The second kappa shape index (κ2) is 10.4. The van der Waals surface area contributed by atoms with E-state index in [4.69, 9.17) is 0 Å². The normalized spacial score (nSPS) is 13.3. The highest BCUT2D eigenvalue weighted by Crippen LogP contribution is 2.26. The number of nitrogens with one attached hydrogen (secondary N) is 1. The van der Waals surface area contributed by atoms with Crippen LogP contribution >= 0.6 is 0 Å². The van der Waals surface area contributed by atoms with E-state index in [-0.39, 0.29) is 23.6 Å². The standard InChI is InChI=1S/C21H26N4O5/c1-6-12(2)13(3)19(26)25-14-7-8-17-15(9-14)18(24-11-23-17)22-10-16(20(27)29-4)21(28)30-5/h7-13,16H,6H2,1-5H3,(H,25,26). The Morgan fingerprint density at radius 1 is 1.13 bits per heavy atom. The average molecular weight is 414 g/mol. The number of aliphatic imine (C=N–C) groups is 1. The Morgan fingerprint density at radius 3 is 2.40 bits per heavy atom. The average Bonchev–Trinajstić information content (AvgIpc) is 2.77. The molecule has 0 bridgehead atoms. The van der Waals surface area contributed by atoms with Crippen LogP contribution in [-0.2, 0) is 23.9 Å². The van der Waals surface area contributed by atoms with Crippen molar-refractivity contribution in [3.63, 3.8) is 0 Å². The van der Waals surface area contributed by atoms with E-state index in [1.165, 1.54) is 20.5 Å². The van der Waals surface area contributed by atoms with Crippen LogP contribution in [0.1, 0.15) is 27.2 Å². The molecule has 30 heavy (non-hydrogen) atoms. The lowest BCUT2D eigenvalue weighted by Gasteiger charge is -2.18. The second-order valence-electron chi connectivity index (χ2n) is 6.89. The summed E-state index contributed by atoms with van der Waals surface area (Å²) in [5.41, 5.74) is 1.17. The van der Waals surface area contributed by atoms with Crippen LogP contribution in [0, 0.1) is 17.8 Å². The zero-order chi connectivity index (χ0) is 22.3. The van der Waals surface area contributed by atoms with Crippen molar-refractivity contribution in [1.82, 2.24) is 9.97 Å². The van der Waals surface area contributed by atoms with E-state index < -0.39 is 17.9 Å². The molecule has 0 spiro atoms. The predicted molar refractivity (Wildman–Crippen MR) is 112 cm³/mol. The van der Waals surface area contributed by atoms with E-state index in [1.54, 1.807) is 18.2 Å². The second-order valence-corrected chi connectivity index (χ2v) is 6.89. The molecule has 0 radical (unpaired) electrons. The molecule has 160 valence electrons. The number of carbonyl (C=O) groups is 3. The number of fused-ring (bicyclic) bond motifs is 1. The summed E-state index contributed by atoms with van der Waals surface area (Å²) >= 11 is 0. The highest BCUT2D eigenvalue weighted by molar-refractivity contribution is 6.10. The highest BCUT2D eigenvalue weighted by atomic mass is 16.5. The smallest absolute Gasteiger partial charge is 0.325 e. The summed E-state index contributed by atoms with van der Waals surface area (Å²) in [6.07, 6.45) is 3.35. The molecule has 0 aliphatic carbocycles. The number of amides is 1. The third kappa shape index (κ3) is 5.37. The number of ether oxygens (including phenoxy) is 2. The van der Waals surface area contributed by atoms with Crippen molar-refractivity contribution in [2.45, 2.75) is 27.2 Å². The molecule has 2 aromatic rings. The summed E-state index contributed by atoms with van der Waals surface area (Å²) in [6, 6.07) is 5.18. The van der Waals surface area contributed by atoms with Crippen LogP contribution < -0.4 is 5.32 Å². The number of esters is 2. The van der Waals surface area contributed by atoms with Gasteiger partial charge in [-0.05, 0) is 24.1 Å². The Hall–Kier alpha value is -3.36. The quantitative estimate of drug-likeness (QED) is 0.400. The van der Waals surface area contributed by atoms with Gasteiger partial charge in [-0.3, -0.25) is 14.4 Å². The van der Waals surface area contributed by atoms with Gasteiger partial charge in [-0.25, -0.2) is 15.0 Å². The lowest BCUT2D eigenvalue weighted by atomic mass is 9.93. The van der Waals surface area contributed by atoms with Gasteiger partial charge in [0, 0.05) is 23.2 Å². The molecule has 1 N–H and O–H groups in total. The first-order valence-corrected chi connectivity index (χ1v) is 9.57. The minimum absolute atomic E-state index is 0.0814. The molecule has 1 amide bonds. The molecule has 9 nitrogen and oxygen atoms in total. The van der Waals surface area contributed by atoms with Gasteiger partial charge >= 0.3 is 11.9 Å². The summed E-state index contributed by atoms with van der Waals surface area (Å²) in [6.45, 7) is 5.97. The zero-order valence-electron chi connectivity index (χ0n) is 17.7. The lowest BCUT2D eigenvalue weighted by Crippen LogP contribution is -2.27. The van der Waals surface area contributed by atoms with E-state index in [9.17, 15) is 14.4 Å². The van der Waals surface area contributed by atoms with Crippen LogP contribution in [0.5, 0.6) is 0 Å². The van der Waals surface area contributed by atoms with Gasteiger partial charge < -0.3 is 14.8 Å². The minimum Gasteiger partial charge on any atom is -0.468 e. The first-order valence-electron chi connectivity index (χ1n) is 9.57. The molecular weight excluding hydrogens is 388 g/mol. The molecule has 0 saturated carbocycles. The Labute approximate surface area is 174 Å². The van der Waals surface area contributed by atoms with Crippen LogP contribution in [0.25, 0.3) is 10.9 Å². The number of rotatable bonds is 8. The number of nitrogens with zero attached hydrogens (tertiary/aromatic N) is 3. The highest BCUT2D eigenvalue weighted by Gasteiger charge is 2.27. The van der Waals surface area contributed by atoms with E-state index in [0.717, 1.165) is 12.6 Å². The third-order valence-corrected chi connectivity index (χ3v) is 5.05. The van der Waals surface area contributed by atoms with Crippen molar-refractivity contribution in [3.8, 4) is 0 Å². The van der Waals surface area contributed by atoms with Crippen molar-refractivity contribution >= 4 is 46.5 Å². The number of carbonyl (C=O) groups excluding carboxylic acids is 3. The summed E-state index contributed by atoms with van der Waals surface area (Å²) in [5.74, 6) is -2.64. The van der Waals surface area contributed by atoms with Gasteiger partial charge in [-0.2, -0.15) is 0 Å². The van der Waals surface area contributed by atoms with Gasteiger partial charge in [0.15, 0.2) is 11.7 Å². The van der Waals surface area contributed by atoms with Gasteiger partial charge in [0.1, 0.15) is 6.33 Å². The number of anilines is 1. The van der Waals surface area contributed by atoms with Crippen molar-refractivity contribution in [1.29, 1.82) is 0 Å². The molecule has 0 aliphatic rings. The van der Waals surface area contributed by atoms with Crippen LogP contribution in [0.3, 0.4) is 0 Å². The number of benzene rings is 1. The van der Waals surface area contributed by atoms with Crippen molar-refractivity contribution in [3.05, 3.63) is 24.5 Å². The van der Waals surface area contributed by atoms with Crippen LogP contribution in [0.4, 0.5) is 11.5 Å². The fraction of sp³-hybridized carbons (Fsp3) is 0.429. The summed E-state index contributed by atoms with van der Waals surface area (Å²) in [5, 5.41) is 3.45. The summed E-state index contributed by atoms with van der Waals surface area (Å²) in [4.78, 5) is 48.6. The van der Waals surface area contributed by atoms with Crippen molar-refractivity contribution in [2.75, 3.05) is 19.5 Å². The lowest BCUT2D eigenvalue weighted by molar-refractivity contribution is -0.154. The van der Waals surface area contributed by atoms with Gasteiger partial charge in [0.25, 0.3) is 0 Å². The predicted octanol–water partition coefficient (Wildman–Crippen LogP) is 2.92. The maximum absolute atomic E-state index is 12.5. The van der Waals surface area contributed by atoms with Gasteiger partial charge in [0.2, 0.25) is 5.91 Å². The van der Waals surface area contributed by atoms with E-state index in [1.807, 2.05) is 20.8 Å². The van der Waals surface area contributed by atoms with E-state index in [2.05, 4.69) is 29.8 Å². The molecule has 9 heteroatoms. The SMILES string of the molecule is CCC(C)C(C)C(=O)Nc1ccc2ncnc(N=CC(C(=O)OC)C(=O)OC)c2c1. The molecule has 2 rings (SSSR count). The largest absolute Gasteiger partial charge is 0.468 e. The van der Waals surface area contributed by atoms with Crippen LogP contribution in [-0.4, -0.2) is 48.2 Å². The Morgan fingerprint density at radius 2 is 1.80 bits per heavy atom. The first kappa shape index (κ1) is 22.9. The minimum atomic E-state index is -1.32. The molecule has 1 aromatic carbocycles. The maximum Gasteiger partial charge on any atom is 0.325 e. The number of methoxy groups -OCH3 is 2. The Balaban J connectivity index is 2.35. The van der Waals surface area contributed by atoms with Crippen molar-refractivity contribution in [2.24, 2.45) is 22.7 Å². The zero-order valence-corrected chi connectivity index (χ0v) is 17.7. The Bertz CT molecular complexity index is 944. The van der Waals surface area contributed by atoms with Gasteiger partial charge in [-0.15, -0.1) is 0 Å². The van der Waals surface area contributed by atoms with Crippen LogP contribution in [0.2, 0.25) is 0 Å². The summed E-state index contributed by atoms with van der Waals surface area (Å²) < 4.78 is 9.23. The molecule has 1 heterocycles. The fourth-order valence-corrected chi connectivity index (χ4v) is 2.71. The molecule has 2 atom stereocenters. The summed E-state index contributed by atoms with van der Waals surface area (Å²) in [7, 11) is 2.34. The monoisotopic (exact) mass is 414 g/mol. The van der Waals surface area contributed by atoms with Gasteiger partial charge in [0.05, 0.1) is 19.7 Å². The fourth-order valence-electron chi connectivity index (χ4n) is 2.71. The van der Waals surface area contributed by atoms with Gasteiger partial charge in [-0.1, -0.05) is 27.2 Å². The molecule has 1 aromatic heterocycles. The Kier molecular flexibility index (Phi) is 7.97. The van der Waals surface area contributed by atoms with Crippen molar-refractivity contribution < 1.29 is 23.9 Å². The third-order valence-electron chi connectivity index (χ3n) is 5.05. The number of hydrogen-bond acceptors (Lipinski definition) is 8. The molecule has 0 fully saturated rings. The van der Waals surface area contributed by atoms with E-state index >= 15 is 0 Å². The molecule has 2 unspecified atom stereocenters. The number of hydrogen-bond donors (Lipinski definition) is 1. The molecule has 0 saturated heterocycles. The number of aromatic nitrogens is 2. The molecule has 0 aliphatic heterocycles. The first-order chi connectivity index (χ1) is 14.3. The molecular formula is C21H26N4O5. The van der Waals surface area contributed by atoms with E-state index in [0.29, 0.717) is 16.6 Å².